The van der Waals surface area contributed by atoms with Crippen LogP contribution in [0.2, 0.25) is 0 Å². The lowest BCUT2D eigenvalue weighted by atomic mass is 10.1. The van der Waals surface area contributed by atoms with Crippen LogP contribution in [0, 0.1) is 5.82 Å². The molecule has 1 N–H and O–H groups in total. The summed E-state index contributed by atoms with van der Waals surface area (Å²) in [7, 11) is 0. The number of carboxylic acid groups (broad SMARTS) is 1. The molecule has 2 heterocycles. The zero-order chi connectivity index (χ0) is 11.3. The van der Waals surface area contributed by atoms with Gasteiger partial charge in [-0.15, -0.1) is 0 Å². The highest BCUT2D eigenvalue weighted by Gasteiger charge is 2.43. The van der Waals surface area contributed by atoms with E-state index in [1.165, 1.54) is 6.07 Å². The van der Waals surface area contributed by atoms with Crippen LogP contribution in [0.15, 0.2) is 18.2 Å². The second kappa shape index (κ2) is 3.20. The van der Waals surface area contributed by atoms with Gasteiger partial charge in [0.2, 0.25) is 0 Å². The van der Waals surface area contributed by atoms with Gasteiger partial charge >= 0.3 is 5.97 Å². The van der Waals surface area contributed by atoms with E-state index >= 15 is 0 Å². The fourth-order valence-electron chi connectivity index (χ4n) is 2.92. The van der Waals surface area contributed by atoms with Gasteiger partial charge in [-0.3, -0.25) is 0 Å². The second-order valence-corrected chi connectivity index (χ2v) is 4.43. The van der Waals surface area contributed by atoms with Crippen LogP contribution in [0.1, 0.15) is 18.4 Å². The zero-order valence-corrected chi connectivity index (χ0v) is 8.69. The summed E-state index contributed by atoms with van der Waals surface area (Å²) in [6.45, 7) is 0. The van der Waals surface area contributed by atoms with Crippen molar-refractivity contribution in [3.63, 3.8) is 0 Å². The van der Waals surface area contributed by atoms with Crippen molar-refractivity contribution in [3.8, 4) is 0 Å². The van der Waals surface area contributed by atoms with Crippen LogP contribution in [0.5, 0.6) is 0 Å². The first-order valence-electron chi connectivity index (χ1n) is 5.47. The topological polar surface area (TPSA) is 40.5 Å². The monoisotopic (exact) mass is 221 g/mol. The number of aliphatic carboxylic acids is 1. The van der Waals surface area contributed by atoms with Gasteiger partial charge in [0.25, 0.3) is 0 Å². The molecular formula is C12H12FNO2. The van der Waals surface area contributed by atoms with Crippen molar-refractivity contribution in [2.45, 2.75) is 31.3 Å². The number of carboxylic acids is 1. The predicted molar refractivity (Wildman–Crippen MR) is 57.0 cm³/mol. The maximum atomic E-state index is 13.6. The molecule has 1 fully saturated rings. The molecule has 0 saturated carbocycles. The van der Waals surface area contributed by atoms with E-state index in [0.717, 1.165) is 12.1 Å². The Morgan fingerprint density at radius 1 is 1.44 bits per heavy atom. The highest BCUT2D eigenvalue weighted by atomic mass is 19.1. The standard InChI is InChI=1S/C12H12FNO2/c13-9-2-1-3-10-8(9)6-7-4-5-11(12(15)16)14(7)10/h1-3,7,11H,4-6H2,(H,15,16). The number of anilines is 1. The lowest BCUT2D eigenvalue weighted by Crippen LogP contribution is -2.38. The average molecular weight is 221 g/mol. The summed E-state index contributed by atoms with van der Waals surface area (Å²) < 4.78 is 13.6. The van der Waals surface area contributed by atoms with Crippen LogP contribution in [-0.2, 0) is 11.2 Å². The van der Waals surface area contributed by atoms with Crippen molar-refractivity contribution >= 4 is 11.7 Å². The van der Waals surface area contributed by atoms with Gasteiger partial charge in [0.1, 0.15) is 11.9 Å². The summed E-state index contributed by atoms with van der Waals surface area (Å²) in [5.41, 5.74) is 1.45. The van der Waals surface area contributed by atoms with Gasteiger partial charge in [-0.05, 0) is 31.4 Å². The molecule has 3 rings (SSSR count). The maximum absolute atomic E-state index is 13.6. The molecular weight excluding hydrogens is 209 g/mol. The quantitative estimate of drug-likeness (QED) is 0.786. The molecule has 0 spiro atoms. The van der Waals surface area contributed by atoms with Crippen molar-refractivity contribution < 1.29 is 14.3 Å². The Morgan fingerprint density at radius 2 is 2.25 bits per heavy atom. The number of carbonyl (C=O) groups is 1. The lowest BCUT2D eigenvalue weighted by Gasteiger charge is -2.24. The Hall–Kier alpha value is -1.58. The Bertz CT molecular complexity index is 460. The first-order valence-corrected chi connectivity index (χ1v) is 5.47. The van der Waals surface area contributed by atoms with Gasteiger partial charge in [0.05, 0.1) is 0 Å². The molecule has 0 bridgehead atoms. The number of hydrogen-bond acceptors (Lipinski definition) is 2. The third-order valence-electron chi connectivity index (χ3n) is 3.60. The molecule has 1 aromatic rings. The van der Waals surface area contributed by atoms with Gasteiger partial charge in [-0.25, -0.2) is 9.18 Å². The predicted octanol–water partition coefficient (Wildman–Crippen LogP) is 1.80. The average Bonchev–Trinajstić information content (AvgIpc) is 2.77. The minimum absolute atomic E-state index is 0.174. The fourth-order valence-corrected chi connectivity index (χ4v) is 2.92. The minimum atomic E-state index is -0.806. The SMILES string of the molecule is O=C(O)C1CCC2Cc3c(F)cccc3N21. The van der Waals surface area contributed by atoms with Crippen LogP contribution in [0.3, 0.4) is 0 Å². The van der Waals surface area contributed by atoms with Crippen molar-refractivity contribution in [2.75, 3.05) is 4.90 Å². The molecule has 0 aliphatic carbocycles. The number of benzene rings is 1. The minimum Gasteiger partial charge on any atom is -0.480 e. The molecule has 3 nitrogen and oxygen atoms in total. The highest BCUT2D eigenvalue weighted by Crippen LogP contribution is 2.41. The van der Waals surface area contributed by atoms with Gasteiger partial charge < -0.3 is 10.0 Å². The summed E-state index contributed by atoms with van der Waals surface area (Å²) in [6.07, 6.45) is 2.15. The van der Waals surface area contributed by atoms with Crippen LogP contribution < -0.4 is 4.90 Å². The summed E-state index contributed by atoms with van der Waals surface area (Å²) in [6, 6.07) is 4.60. The van der Waals surface area contributed by atoms with E-state index < -0.39 is 12.0 Å². The van der Waals surface area contributed by atoms with Crippen LogP contribution >= 0.6 is 0 Å². The first kappa shape index (κ1) is 9.63. The molecule has 0 aromatic heterocycles. The van der Waals surface area contributed by atoms with E-state index in [2.05, 4.69) is 0 Å². The summed E-state index contributed by atoms with van der Waals surface area (Å²) in [5, 5.41) is 9.12. The van der Waals surface area contributed by atoms with E-state index in [4.69, 9.17) is 5.11 Å². The van der Waals surface area contributed by atoms with Crippen LogP contribution in [0.4, 0.5) is 10.1 Å². The number of halogens is 1. The van der Waals surface area contributed by atoms with Gasteiger partial charge in [-0.2, -0.15) is 0 Å². The Balaban J connectivity index is 2.07. The molecule has 2 atom stereocenters. The summed E-state index contributed by atoms with van der Waals surface area (Å²) >= 11 is 0. The number of fused-ring (bicyclic) bond motifs is 3. The second-order valence-electron chi connectivity index (χ2n) is 4.43. The molecule has 16 heavy (non-hydrogen) atoms. The van der Waals surface area contributed by atoms with Crippen molar-refractivity contribution in [1.82, 2.24) is 0 Å². The third-order valence-corrected chi connectivity index (χ3v) is 3.60. The van der Waals surface area contributed by atoms with E-state index in [1.807, 2.05) is 11.0 Å². The van der Waals surface area contributed by atoms with Crippen LogP contribution in [0.25, 0.3) is 0 Å². The highest BCUT2D eigenvalue weighted by molar-refractivity contribution is 5.81. The normalized spacial score (nSPS) is 26.7. The molecule has 2 unspecified atom stereocenters. The van der Waals surface area contributed by atoms with Gasteiger partial charge in [-0.1, -0.05) is 6.07 Å². The molecule has 4 heteroatoms. The molecule has 1 saturated heterocycles. The fraction of sp³-hybridized carbons (Fsp3) is 0.417. The molecule has 1 aromatic carbocycles. The molecule has 84 valence electrons. The number of hydrogen-bond donors (Lipinski definition) is 1. The Labute approximate surface area is 92.5 Å². The smallest absolute Gasteiger partial charge is 0.326 e. The van der Waals surface area contributed by atoms with Gasteiger partial charge in [0.15, 0.2) is 0 Å². The van der Waals surface area contributed by atoms with Gasteiger partial charge in [0, 0.05) is 17.3 Å². The van der Waals surface area contributed by atoms with Crippen molar-refractivity contribution in [2.24, 2.45) is 0 Å². The largest absolute Gasteiger partial charge is 0.480 e. The number of nitrogens with zero attached hydrogens (tertiary/aromatic N) is 1. The van der Waals surface area contributed by atoms with E-state index in [1.54, 1.807) is 6.07 Å². The number of rotatable bonds is 1. The molecule has 0 amide bonds. The summed E-state index contributed by atoms with van der Waals surface area (Å²) in [4.78, 5) is 13.0. The maximum Gasteiger partial charge on any atom is 0.326 e. The molecule has 2 aliphatic heterocycles. The molecule has 0 radical (unpaired) electrons. The Kier molecular flexibility index (Phi) is 1.93. The lowest BCUT2D eigenvalue weighted by molar-refractivity contribution is -0.138. The Morgan fingerprint density at radius 3 is 3.00 bits per heavy atom. The van der Waals surface area contributed by atoms with E-state index in [9.17, 15) is 9.18 Å². The van der Waals surface area contributed by atoms with Crippen LogP contribution in [-0.4, -0.2) is 23.2 Å². The summed E-state index contributed by atoms with van der Waals surface area (Å²) in [5.74, 6) is -1.02. The molecule has 2 aliphatic rings. The third kappa shape index (κ3) is 1.16. The van der Waals surface area contributed by atoms with E-state index in [-0.39, 0.29) is 11.9 Å². The zero-order valence-electron chi connectivity index (χ0n) is 8.69. The van der Waals surface area contributed by atoms with E-state index in [0.29, 0.717) is 18.4 Å². The first-order chi connectivity index (χ1) is 7.68. The van der Waals surface area contributed by atoms with Crippen molar-refractivity contribution in [1.29, 1.82) is 0 Å². The van der Waals surface area contributed by atoms with Crippen molar-refractivity contribution in [3.05, 3.63) is 29.6 Å².